The van der Waals surface area contributed by atoms with Crippen molar-refractivity contribution in [2.75, 3.05) is 0 Å². The van der Waals surface area contributed by atoms with Gasteiger partial charge in [0.1, 0.15) is 6.10 Å². The van der Waals surface area contributed by atoms with E-state index >= 15 is 0 Å². The molecule has 0 amide bonds. The zero-order valence-corrected chi connectivity index (χ0v) is 16.9. The van der Waals surface area contributed by atoms with Crippen LogP contribution in [0.4, 0.5) is 0 Å². The molecule has 0 fully saturated rings. The van der Waals surface area contributed by atoms with Gasteiger partial charge in [-0.1, -0.05) is 32.5 Å². The van der Waals surface area contributed by atoms with E-state index in [0.717, 1.165) is 0 Å². The fourth-order valence-electron chi connectivity index (χ4n) is 1.29. The first-order valence-corrected chi connectivity index (χ1v) is 10.7. The highest BCUT2D eigenvalue weighted by Gasteiger charge is 2.39. The lowest BCUT2D eigenvalue weighted by molar-refractivity contribution is -0.0981. The molecule has 0 unspecified atom stereocenters. The molecule has 0 bridgehead atoms. The van der Waals surface area contributed by atoms with Crippen LogP contribution in [0.3, 0.4) is 0 Å². The molecule has 0 aromatic carbocycles. The molecule has 2 N–H and O–H groups in total. The van der Waals surface area contributed by atoms with Crippen molar-refractivity contribution in [1.29, 1.82) is 0 Å². The van der Waals surface area contributed by atoms with E-state index in [-0.39, 0.29) is 11.1 Å². The van der Waals surface area contributed by atoms with Crippen LogP contribution in [0.1, 0.15) is 55.4 Å². The lowest BCUT2D eigenvalue weighted by Gasteiger charge is -2.38. The minimum absolute atomic E-state index is 0.112. The van der Waals surface area contributed by atoms with Crippen molar-refractivity contribution in [1.82, 2.24) is 0 Å². The average Bonchev–Trinajstić information content (AvgIpc) is 2.21. The summed E-state index contributed by atoms with van der Waals surface area (Å²) < 4.78 is 11.5. The average molecular weight is 328 g/mol. The fraction of sp³-hybridized carbons (Fsp3) is 0.875. The predicted octanol–water partition coefficient (Wildman–Crippen LogP) is 2.99. The Labute approximate surface area is 137 Å². The summed E-state index contributed by atoms with van der Waals surface area (Å²) in [6, 6.07) is 0. The number of hydrogen-bond acceptors (Lipinski definition) is 4. The first kappa shape index (κ1) is 21.7. The Morgan fingerprint density at radius 1 is 1.05 bits per heavy atom. The van der Waals surface area contributed by atoms with Gasteiger partial charge in [-0.3, -0.25) is 0 Å². The summed E-state index contributed by atoms with van der Waals surface area (Å²) in [5.41, 5.74) is -2.00. The molecule has 0 aliphatic carbocycles. The van der Waals surface area contributed by atoms with Gasteiger partial charge in [0.25, 0.3) is 0 Å². The van der Waals surface area contributed by atoms with Crippen LogP contribution in [0.5, 0.6) is 0 Å². The van der Waals surface area contributed by atoms with Crippen LogP contribution in [0.25, 0.3) is 0 Å². The summed E-state index contributed by atoms with van der Waals surface area (Å²) in [7, 11) is -3.14. The number of aliphatic hydroxyl groups is 1. The van der Waals surface area contributed by atoms with Crippen LogP contribution in [0, 0.1) is 11.7 Å². The maximum atomic E-state index is 10.0. The SMILES string of the molecule is C[C@H](C#CB(O)OC(C)(C)C(C)(C)O)O[Si](C)(C)C(C)(C)C. The molecule has 0 saturated heterocycles. The lowest BCUT2D eigenvalue weighted by atomic mass is 9.84. The Bertz CT molecular complexity index is 386. The molecule has 0 spiro atoms. The van der Waals surface area contributed by atoms with E-state index in [4.69, 9.17) is 9.08 Å². The quantitative estimate of drug-likeness (QED) is 0.602. The largest absolute Gasteiger partial charge is 0.547 e. The Morgan fingerprint density at radius 3 is 1.86 bits per heavy atom. The Hall–Kier alpha value is -0.318. The normalized spacial score (nSPS) is 15.1. The standard InChI is InChI=1S/C16H33BO4Si/c1-13(20-22(9,10)14(2,3)4)11-12-17(19)21-16(7,8)15(5,6)18/h13,18-19H,1-10H3/t13-/m1/s1. The molecule has 0 aromatic heterocycles. The molecule has 0 aliphatic rings. The number of hydrogen-bond donors (Lipinski definition) is 2. The van der Waals surface area contributed by atoms with Gasteiger partial charge in [0, 0.05) is 0 Å². The molecule has 0 aromatic rings. The highest BCUT2D eigenvalue weighted by Crippen LogP contribution is 2.37. The Kier molecular flexibility index (Phi) is 6.96. The van der Waals surface area contributed by atoms with Crippen LogP contribution < -0.4 is 0 Å². The van der Waals surface area contributed by atoms with Crippen LogP contribution >= 0.6 is 0 Å². The van der Waals surface area contributed by atoms with Crippen LogP contribution in [-0.4, -0.2) is 42.9 Å². The molecule has 22 heavy (non-hydrogen) atoms. The minimum Gasteiger partial charge on any atom is -0.416 e. The molecule has 0 radical (unpaired) electrons. The second-order valence-corrected chi connectivity index (χ2v) is 13.1. The van der Waals surface area contributed by atoms with Crippen molar-refractivity contribution in [2.24, 2.45) is 0 Å². The van der Waals surface area contributed by atoms with Gasteiger partial charge in [-0.15, -0.1) is 0 Å². The van der Waals surface area contributed by atoms with E-state index in [1.165, 1.54) is 0 Å². The van der Waals surface area contributed by atoms with Crippen molar-refractivity contribution >= 4 is 15.4 Å². The highest BCUT2D eigenvalue weighted by atomic mass is 28.4. The summed E-state index contributed by atoms with van der Waals surface area (Å²) in [5.74, 6) is 5.54. The molecule has 0 rings (SSSR count). The van der Waals surface area contributed by atoms with E-state index in [1.54, 1.807) is 27.7 Å². The minimum atomic E-state index is -1.88. The van der Waals surface area contributed by atoms with Gasteiger partial charge < -0.3 is 19.2 Å². The summed E-state index contributed by atoms with van der Waals surface area (Å²) in [6.07, 6.45) is -0.274. The van der Waals surface area contributed by atoms with Crippen LogP contribution in [0.2, 0.25) is 18.1 Å². The topological polar surface area (TPSA) is 58.9 Å². The van der Waals surface area contributed by atoms with Crippen molar-refractivity contribution < 1.29 is 19.2 Å². The van der Waals surface area contributed by atoms with Crippen molar-refractivity contribution in [3.8, 4) is 11.7 Å². The molecular weight excluding hydrogens is 295 g/mol. The van der Waals surface area contributed by atoms with E-state index in [0.29, 0.717) is 0 Å². The van der Waals surface area contributed by atoms with Crippen molar-refractivity contribution in [3.05, 3.63) is 0 Å². The van der Waals surface area contributed by atoms with Gasteiger partial charge in [0.2, 0.25) is 0 Å². The lowest BCUT2D eigenvalue weighted by Crippen LogP contribution is -2.50. The summed E-state index contributed by atoms with van der Waals surface area (Å²) in [5, 5.41) is 20.0. The molecular formula is C16H33BO4Si. The third-order valence-electron chi connectivity index (χ3n) is 4.57. The third kappa shape index (κ3) is 6.43. The predicted molar refractivity (Wildman–Crippen MR) is 95.0 cm³/mol. The van der Waals surface area contributed by atoms with Gasteiger partial charge in [-0.2, -0.15) is 0 Å². The van der Waals surface area contributed by atoms with Gasteiger partial charge in [-0.25, -0.2) is 0 Å². The second kappa shape index (κ2) is 7.06. The molecule has 0 heterocycles. The van der Waals surface area contributed by atoms with E-state index in [2.05, 4.69) is 45.6 Å². The van der Waals surface area contributed by atoms with E-state index < -0.39 is 26.6 Å². The maximum absolute atomic E-state index is 10.0. The number of rotatable bonds is 5. The van der Waals surface area contributed by atoms with E-state index in [1.807, 2.05) is 6.92 Å². The second-order valence-electron chi connectivity index (χ2n) is 8.35. The molecule has 128 valence electrons. The summed E-state index contributed by atoms with van der Waals surface area (Å²) in [4.78, 5) is 0. The third-order valence-corrected chi connectivity index (χ3v) is 9.12. The Balaban J connectivity index is 4.76. The van der Waals surface area contributed by atoms with Gasteiger partial charge in [0.05, 0.1) is 11.2 Å². The van der Waals surface area contributed by atoms with Gasteiger partial charge in [-0.05, 0) is 52.8 Å². The van der Waals surface area contributed by atoms with Gasteiger partial charge in [0.15, 0.2) is 8.32 Å². The molecule has 1 atom stereocenters. The summed E-state index contributed by atoms with van der Waals surface area (Å²) in [6.45, 7) is 19.4. The summed E-state index contributed by atoms with van der Waals surface area (Å²) >= 11 is 0. The molecule has 6 heteroatoms. The fourth-order valence-corrected chi connectivity index (χ4v) is 2.59. The van der Waals surface area contributed by atoms with Crippen molar-refractivity contribution in [2.45, 2.75) is 90.8 Å². The zero-order chi connectivity index (χ0) is 18.0. The highest BCUT2D eigenvalue weighted by molar-refractivity contribution is 6.74. The first-order chi connectivity index (χ1) is 9.49. The van der Waals surface area contributed by atoms with Crippen LogP contribution in [-0.2, 0) is 9.08 Å². The van der Waals surface area contributed by atoms with Gasteiger partial charge >= 0.3 is 7.12 Å². The monoisotopic (exact) mass is 328 g/mol. The Morgan fingerprint density at radius 2 is 1.50 bits per heavy atom. The zero-order valence-electron chi connectivity index (χ0n) is 15.9. The maximum Gasteiger partial charge on any atom is 0.547 e. The van der Waals surface area contributed by atoms with Crippen molar-refractivity contribution in [3.63, 3.8) is 0 Å². The smallest absolute Gasteiger partial charge is 0.416 e. The molecule has 4 nitrogen and oxygen atoms in total. The first-order valence-electron chi connectivity index (χ1n) is 7.77. The van der Waals surface area contributed by atoms with Crippen LogP contribution in [0.15, 0.2) is 0 Å². The van der Waals surface area contributed by atoms with E-state index in [9.17, 15) is 10.1 Å². The molecule has 0 aliphatic heterocycles. The molecule has 0 saturated carbocycles.